The monoisotopic (exact) mass is 546 g/mol. The summed E-state index contributed by atoms with van der Waals surface area (Å²) >= 11 is 0. The number of benzene rings is 2. The lowest BCUT2D eigenvalue weighted by molar-refractivity contribution is -0.137. The van der Waals surface area contributed by atoms with Crippen molar-refractivity contribution in [2.24, 2.45) is 0 Å². The van der Waals surface area contributed by atoms with E-state index in [0.29, 0.717) is 24.2 Å². The van der Waals surface area contributed by atoms with Crippen molar-refractivity contribution in [1.29, 1.82) is 5.26 Å². The fourth-order valence-electron chi connectivity index (χ4n) is 4.24. The number of nitrogens with zero attached hydrogens (tertiary/aromatic N) is 4. The van der Waals surface area contributed by atoms with Gasteiger partial charge >= 0.3 is 12.2 Å². The fraction of sp³-hybridized carbons (Fsp3) is 0.269. The first-order chi connectivity index (χ1) is 18.6. The lowest BCUT2D eigenvalue weighted by atomic mass is 10.00. The first-order valence-corrected chi connectivity index (χ1v) is 11.9. The van der Waals surface area contributed by atoms with Gasteiger partial charge in [-0.25, -0.2) is 18.6 Å². The molecular weight excluding hydrogens is 523 g/mol. The zero-order valence-corrected chi connectivity index (χ0v) is 20.6. The number of aromatic nitrogens is 1. The summed E-state index contributed by atoms with van der Waals surface area (Å²) < 4.78 is 71.7. The number of anilines is 4. The Bertz CT molecular complexity index is 1420. The van der Waals surface area contributed by atoms with Gasteiger partial charge in [-0.15, -0.1) is 0 Å². The van der Waals surface area contributed by atoms with Crippen LogP contribution in [0.15, 0.2) is 42.6 Å². The third kappa shape index (κ3) is 5.47. The standard InChI is InChI=1S/C26H23F5N6O2/c1-2-36-24-19(10-16(14-35-24)26(29,30)31)18-4-3-15(13-32)9-22(18)37(25(36)39)23-20(27)11-17(12-21(23)28)34-6-5-33-7-8-38/h3-4,9-12,14,33-34,38H,2,5-8H2,1H3. The van der Waals surface area contributed by atoms with Gasteiger partial charge in [-0.3, -0.25) is 9.80 Å². The van der Waals surface area contributed by atoms with Crippen LogP contribution in [0.3, 0.4) is 0 Å². The van der Waals surface area contributed by atoms with Crippen molar-refractivity contribution in [2.75, 3.05) is 47.9 Å². The number of pyridine rings is 1. The van der Waals surface area contributed by atoms with E-state index in [9.17, 15) is 23.2 Å². The second-order valence-electron chi connectivity index (χ2n) is 8.49. The molecule has 0 aliphatic carbocycles. The molecule has 0 radical (unpaired) electrons. The minimum atomic E-state index is -4.74. The van der Waals surface area contributed by atoms with Crippen molar-refractivity contribution in [2.45, 2.75) is 13.1 Å². The number of carbonyl (C=O) groups is 1. The van der Waals surface area contributed by atoms with Gasteiger partial charge in [0.2, 0.25) is 0 Å². The summed E-state index contributed by atoms with van der Waals surface area (Å²) in [5.41, 5.74) is -1.96. The molecule has 2 amide bonds. The van der Waals surface area contributed by atoms with Crippen LogP contribution in [-0.2, 0) is 6.18 Å². The van der Waals surface area contributed by atoms with Crippen LogP contribution in [0.2, 0.25) is 0 Å². The van der Waals surface area contributed by atoms with Crippen LogP contribution < -0.4 is 20.4 Å². The largest absolute Gasteiger partial charge is 0.417 e. The van der Waals surface area contributed by atoms with E-state index in [-0.39, 0.29) is 53.6 Å². The van der Waals surface area contributed by atoms with E-state index in [0.717, 1.165) is 23.1 Å². The summed E-state index contributed by atoms with van der Waals surface area (Å²) in [7, 11) is 0. The maximum atomic E-state index is 15.5. The van der Waals surface area contributed by atoms with Crippen LogP contribution in [-0.4, -0.2) is 48.9 Å². The van der Waals surface area contributed by atoms with Crippen LogP contribution in [0.25, 0.3) is 11.1 Å². The SMILES string of the molecule is CCN1C(=O)N(c2c(F)cc(NCCNCCO)cc2F)c2cc(C#N)ccc2-c2cc(C(F)(F)F)cnc21. The molecule has 2 aromatic carbocycles. The molecule has 8 nitrogen and oxygen atoms in total. The molecule has 0 saturated carbocycles. The first kappa shape index (κ1) is 27.7. The normalized spacial score (nSPS) is 13.0. The van der Waals surface area contributed by atoms with Crippen LogP contribution in [0.1, 0.15) is 18.1 Å². The number of aliphatic hydroxyl groups excluding tert-OH is 1. The molecule has 39 heavy (non-hydrogen) atoms. The summed E-state index contributed by atoms with van der Waals surface area (Å²) in [6, 6.07) is 7.54. The van der Waals surface area contributed by atoms with Gasteiger partial charge in [0.1, 0.15) is 11.5 Å². The highest BCUT2D eigenvalue weighted by atomic mass is 19.4. The molecule has 3 aromatic rings. The molecule has 204 valence electrons. The topological polar surface area (TPSA) is 105 Å². The van der Waals surface area contributed by atoms with Crippen LogP contribution in [0, 0.1) is 23.0 Å². The molecule has 4 rings (SSSR count). The minimum Gasteiger partial charge on any atom is -0.395 e. The fourth-order valence-corrected chi connectivity index (χ4v) is 4.24. The van der Waals surface area contributed by atoms with Crippen molar-refractivity contribution in [1.82, 2.24) is 10.3 Å². The average Bonchev–Trinajstić information content (AvgIpc) is 2.99. The van der Waals surface area contributed by atoms with Crippen molar-refractivity contribution in [3.63, 3.8) is 0 Å². The van der Waals surface area contributed by atoms with Gasteiger partial charge in [0, 0.05) is 49.2 Å². The Hall–Kier alpha value is -4.28. The molecule has 0 saturated heterocycles. The van der Waals surface area contributed by atoms with E-state index < -0.39 is 35.1 Å². The molecule has 0 atom stereocenters. The summed E-state index contributed by atoms with van der Waals surface area (Å²) in [4.78, 5) is 19.4. The maximum absolute atomic E-state index is 15.5. The van der Waals surface area contributed by atoms with Gasteiger partial charge in [0.05, 0.1) is 29.5 Å². The van der Waals surface area contributed by atoms with E-state index >= 15 is 8.78 Å². The van der Waals surface area contributed by atoms with Crippen LogP contribution in [0.4, 0.5) is 49.6 Å². The van der Waals surface area contributed by atoms with Crippen LogP contribution >= 0.6 is 0 Å². The molecule has 1 aliphatic heterocycles. The number of urea groups is 1. The van der Waals surface area contributed by atoms with Gasteiger partial charge in [-0.05, 0) is 37.3 Å². The number of nitrogens with one attached hydrogen (secondary N) is 2. The van der Waals surface area contributed by atoms with Crippen molar-refractivity contribution < 1.29 is 31.9 Å². The molecule has 0 fully saturated rings. The van der Waals surface area contributed by atoms with E-state index in [4.69, 9.17) is 5.11 Å². The summed E-state index contributed by atoms with van der Waals surface area (Å²) in [6.07, 6.45) is -4.15. The van der Waals surface area contributed by atoms with E-state index in [2.05, 4.69) is 15.6 Å². The Kier molecular flexibility index (Phi) is 7.98. The second kappa shape index (κ2) is 11.2. The Morgan fingerprint density at radius 2 is 1.77 bits per heavy atom. The number of fused-ring (bicyclic) bond motifs is 3. The van der Waals surface area contributed by atoms with Gasteiger partial charge < -0.3 is 15.7 Å². The Morgan fingerprint density at radius 1 is 1.05 bits per heavy atom. The summed E-state index contributed by atoms with van der Waals surface area (Å²) in [5, 5.41) is 24.0. The third-order valence-electron chi connectivity index (χ3n) is 6.01. The highest BCUT2D eigenvalue weighted by Gasteiger charge is 2.38. The first-order valence-electron chi connectivity index (χ1n) is 11.9. The number of hydrogen-bond donors (Lipinski definition) is 3. The lowest BCUT2D eigenvalue weighted by Gasteiger charge is -2.28. The van der Waals surface area contributed by atoms with Gasteiger partial charge in [-0.2, -0.15) is 18.4 Å². The molecule has 0 unspecified atom stereocenters. The molecule has 1 aromatic heterocycles. The molecule has 0 spiro atoms. The number of nitriles is 1. The van der Waals surface area contributed by atoms with Crippen molar-refractivity contribution >= 4 is 28.9 Å². The van der Waals surface area contributed by atoms with Crippen LogP contribution in [0.5, 0.6) is 0 Å². The van der Waals surface area contributed by atoms with Crippen molar-refractivity contribution in [3.05, 3.63) is 65.4 Å². The number of aliphatic hydroxyl groups is 1. The van der Waals surface area contributed by atoms with E-state index in [1.54, 1.807) is 6.92 Å². The molecule has 1 aliphatic rings. The van der Waals surface area contributed by atoms with Gasteiger partial charge in [-0.1, -0.05) is 6.07 Å². The molecule has 13 heteroatoms. The zero-order chi connectivity index (χ0) is 28.3. The molecule has 3 N–H and O–H groups in total. The Labute approximate surface area is 220 Å². The van der Waals surface area contributed by atoms with E-state index in [1.165, 1.54) is 18.2 Å². The number of carbonyl (C=O) groups excluding carboxylic acids is 1. The number of alkyl halides is 3. The molecule has 0 bridgehead atoms. The highest BCUT2D eigenvalue weighted by molar-refractivity contribution is 6.15. The molecule has 2 heterocycles. The summed E-state index contributed by atoms with van der Waals surface area (Å²) in [6.45, 7) is 2.42. The van der Waals surface area contributed by atoms with Gasteiger partial charge in [0.25, 0.3) is 0 Å². The minimum absolute atomic E-state index is 0.0208. The Balaban J connectivity index is 1.88. The predicted molar refractivity (Wildman–Crippen MR) is 135 cm³/mol. The third-order valence-corrected chi connectivity index (χ3v) is 6.01. The highest BCUT2D eigenvalue weighted by Crippen LogP contribution is 2.46. The summed E-state index contributed by atoms with van der Waals surface area (Å²) in [5.74, 6) is -2.36. The number of rotatable bonds is 8. The smallest absolute Gasteiger partial charge is 0.395 e. The van der Waals surface area contributed by atoms with Gasteiger partial charge in [0.15, 0.2) is 11.6 Å². The number of amides is 2. The lowest BCUT2D eigenvalue weighted by Crippen LogP contribution is -2.41. The number of hydrogen-bond acceptors (Lipinski definition) is 6. The second-order valence-corrected chi connectivity index (χ2v) is 8.49. The maximum Gasteiger partial charge on any atom is 0.417 e. The quantitative estimate of drug-likeness (QED) is 0.271. The Morgan fingerprint density at radius 3 is 2.38 bits per heavy atom. The molecular formula is C26H23F5N6O2. The van der Waals surface area contributed by atoms with E-state index in [1.807, 2.05) is 6.07 Å². The predicted octanol–water partition coefficient (Wildman–Crippen LogP) is 5.01. The van der Waals surface area contributed by atoms with Crippen molar-refractivity contribution in [3.8, 4) is 17.2 Å². The average molecular weight is 547 g/mol. The zero-order valence-electron chi connectivity index (χ0n) is 20.6. The number of halogens is 5.